The van der Waals surface area contributed by atoms with Crippen molar-refractivity contribution in [2.75, 3.05) is 5.73 Å². The van der Waals surface area contributed by atoms with Gasteiger partial charge in [0.05, 0.1) is 5.52 Å². The van der Waals surface area contributed by atoms with Gasteiger partial charge in [-0.05, 0) is 46.5 Å². The summed E-state index contributed by atoms with van der Waals surface area (Å²) in [7, 11) is 0. The fourth-order valence-electron chi connectivity index (χ4n) is 3.16. The van der Waals surface area contributed by atoms with Crippen LogP contribution in [0.15, 0.2) is 78.9 Å². The Morgan fingerprint density at radius 1 is 0.815 bits per heavy atom. The van der Waals surface area contributed by atoms with E-state index >= 15 is 0 Å². The van der Waals surface area contributed by atoms with Gasteiger partial charge < -0.3 is 10.6 Å². The zero-order chi connectivity index (χ0) is 18.8. The monoisotopic (exact) mass is 354 g/mol. The Balaban J connectivity index is 1.70. The van der Waals surface area contributed by atoms with Gasteiger partial charge in [-0.25, -0.2) is 4.98 Å². The van der Waals surface area contributed by atoms with Crippen LogP contribution in [0.5, 0.6) is 0 Å². The predicted octanol–water partition coefficient (Wildman–Crippen LogP) is 4.37. The van der Waals surface area contributed by atoms with Crippen LogP contribution in [0.25, 0.3) is 33.2 Å². The predicted molar refractivity (Wildman–Crippen MR) is 109 cm³/mol. The highest BCUT2D eigenvalue weighted by Gasteiger charge is 2.08. The zero-order valence-corrected chi connectivity index (χ0v) is 14.5. The van der Waals surface area contributed by atoms with Gasteiger partial charge in [0.25, 0.3) is 0 Å². The maximum absolute atomic E-state index is 7.60. The van der Waals surface area contributed by atoms with Crippen LogP contribution in [-0.2, 0) is 4.84 Å². The van der Waals surface area contributed by atoms with Gasteiger partial charge >= 0.3 is 0 Å². The molecule has 5 N–H and O–H groups in total. The van der Waals surface area contributed by atoms with E-state index in [1.807, 2.05) is 48.5 Å². The molecular formula is C22H18N4O. The van der Waals surface area contributed by atoms with E-state index in [2.05, 4.69) is 40.2 Å². The molecule has 0 radical (unpaired) electrons. The van der Waals surface area contributed by atoms with Crippen molar-refractivity contribution in [1.82, 2.24) is 4.98 Å². The molecule has 132 valence electrons. The minimum Gasteiger partial charge on any atom is -0.391 e. The lowest BCUT2D eigenvalue weighted by Gasteiger charge is -2.09. The van der Waals surface area contributed by atoms with Gasteiger partial charge in [-0.15, -0.1) is 0 Å². The molecule has 0 aliphatic carbocycles. The second-order valence-corrected chi connectivity index (χ2v) is 6.21. The Morgan fingerprint density at radius 3 is 2.07 bits per heavy atom. The molecule has 0 saturated heterocycles. The number of hydrogen-bond donors (Lipinski definition) is 3. The molecule has 27 heavy (non-hydrogen) atoms. The summed E-state index contributed by atoms with van der Waals surface area (Å²) in [4.78, 5) is 8.86. The lowest BCUT2D eigenvalue weighted by molar-refractivity contribution is 0.319. The first-order valence-electron chi connectivity index (χ1n) is 8.47. The number of nitrogens with one attached hydrogen (secondary N) is 1. The van der Waals surface area contributed by atoms with Crippen molar-refractivity contribution in [3.05, 3.63) is 84.4 Å². The van der Waals surface area contributed by atoms with E-state index in [-0.39, 0.29) is 5.90 Å². The van der Waals surface area contributed by atoms with Crippen molar-refractivity contribution in [3.8, 4) is 22.3 Å². The zero-order valence-electron chi connectivity index (χ0n) is 14.5. The van der Waals surface area contributed by atoms with Gasteiger partial charge in [0.2, 0.25) is 5.90 Å². The highest BCUT2D eigenvalue weighted by Crippen LogP contribution is 2.31. The summed E-state index contributed by atoms with van der Waals surface area (Å²) in [6.07, 6.45) is 0. The summed E-state index contributed by atoms with van der Waals surface area (Å²) in [6, 6.07) is 25.7. The summed E-state index contributed by atoms with van der Waals surface area (Å²) in [5.41, 5.74) is 11.8. The summed E-state index contributed by atoms with van der Waals surface area (Å²) in [5, 5.41) is 8.67. The molecule has 0 unspecified atom stereocenters. The number of rotatable bonds is 3. The van der Waals surface area contributed by atoms with Gasteiger partial charge in [0.1, 0.15) is 5.82 Å². The SMILES string of the molecule is N=C(ON)c1ccc(-c2ccc(-c3cc(N)nc4ccccc34)cc2)cc1. The van der Waals surface area contributed by atoms with E-state index in [1.54, 1.807) is 0 Å². The third-order valence-electron chi connectivity index (χ3n) is 4.53. The van der Waals surface area contributed by atoms with Crippen LogP contribution >= 0.6 is 0 Å². The molecule has 1 aromatic heterocycles. The van der Waals surface area contributed by atoms with Gasteiger partial charge in [-0.2, -0.15) is 5.90 Å². The first-order valence-corrected chi connectivity index (χ1v) is 8.47. The van der Waals surface area contributed by atoms with Crippen molar-refractivity contribution in [1.29, 1.82) is 5.41 Å². The number of benzene rings is 3. The second kappa shape index (κ2) is 6.90. The minimum absolute atomic E-state index is 0.0564. The van der Waals surface area contributed by atoms with Crippen LogP contribution in [-0.4, -0.2) is 10.9 Å². The van der Waals surface area contributed by atoms with E-state index < -0.39 is 0 Å². The van der Waals surface area contributed by atoms with E-state index in [1.165, 1.54) is 0 Å². The highest BCUT2D eigenvalue weighted by atomic mass is 16.6. The molecule has 0 amide bonds. The molecule has 4 rings (SSSR count). The van der Waals surface area contributed by atoms with Crippen LogP contribution in [0.4, 0.5) is 5.82 Å². The second-order valence-electron chi connectivity index (χ2n) is 6.21. The Hall–Kier alpha value is -3.70. The van der Waals surface area contributed by atoms with Crippen LogP contribution in [0.2, 0.25) is 0 Å². The average molecular weight is 354 g/mol. The standard InChI is InChI=1S/C22H18N4O/c23-21-13-19(18-3-1-2-4-20(18)26-21)16-9-5-14(6-10-16)15-7-11-17(12-8-15)22(24)27-25/h1-13,24H,25H2,(H2,23,26). The number of aromatic nitrogens is 1. The average Bonchev–Trinajstić information content (AvgIpc) is 2.73. The number of fused-ring (bicyclic) bond motifs is 1. The third kappa shape index (κ3) is 3.23. The minimum atomic E-state index is -0.0564. The number of para-hydroxylation sites is 1. The first kappa shape index (κ1) is 16.8. The maximum Gasteiger partial charge on any atom is 0.237 e. The van der Waals surface area contributed by atoms with Crippen LogP contribution in [0, 0.1) is 5.41 Å². The highest BCUT2D eigenvalue weighted by molar-refractivity contribution is 5.96. The fraction of sp³-hybridized carbons (Fsp3) is 0. The first-order chi connectivity index (χ1) is 13.2. The smallest absolute Gasteiger partial charge is 0.237 e. The number of nitrogen functional groups attached to an aromatic ring is 1. The van der Waals surface area contributed by atoms with Crippen LogP contribution in [0.1, 0.15) is 5.56 Å². The summed E-state index contributed by atoms with van der Waals surface area (Å²) in [5.74, 6) is 5.49. The summed E-state index contributed by atoms with van der Waals surface area (Å²) in [6.45, 7) is 0. The maximum atomic E-state index is 7.60. The van der Waals surface area contributed by atoms with Crippen LogP contribution < -0.4 is 11.6 Å². The van der Waals surface area contributed by atoms with E-state index in [4.69, 9.17) is 17.0 Å². The van der Waals surface area contributed by atoms with Crippen molar-refractivity contribution in [2.45, 2.75) is 0 Å². The Bertz CT molecular complexity index is 1120. The van der Waals surface area contributed by atoms with Crippen LogP contribution in [0.3, 0.4) is 0 Å². The number of anilines is 1. The van der Waals surface area contributed by atoms with Crippen molar-refractivity contribution >= 4 is 22.6 Å². The topological polar surface area (TPSA) is 98.0 Å². The third-order valence-corrected chi connectivity index (χ3v) is 4.53. The molecule has 0 spiro atoms. The number of nitrogens with zero attached hydrogens (tertiary/aromatic N) is 1. The lowest BCUT2D eigenvalue weighted by atomic mass is 9.97. The van der Waals surface area contributed by atoms with Gasteiger partial charge in [0, 0.05) is 10.9 Å². The van der Waals surface area contributed by atoms with Crippen molar-refractivity contribution < 1.29 is 4.84 Å². The van der Waals surface area contributed by atoms with E-state index in [9.17, 15) is 0 Å². The van der Waals surface area contributed by atoms with Crippen molar-refractivity contribution in [3.63, 3.8) is 0 Å². The molecule has 0 aliphatic heterocycles. The molecule has 5 heteroatoms. The Morgan fingerprint density at radius 2 is 1.41 bits per heavy atom. The quantitative estimate of drug-likeness (QED) is 0.289. The number of nitrogens with two attached hydrogens (primary N) is 2. The molecule has 0 bridgehead atoms. The molecule has 1 heterocycles. The molecule has 0 aliphatic rings. The van der Waals surface area contributed by atoms with Gasteiger partial charge in [-0.1, -0.05) is 54.6 Å². The molecular weight excluding hydrogens is 336 g/mol. The molecule has 0 saturated carbocycles. The molecule has 5 nitrogen and oxygen atoms in total. The normalized spacial score (nSPS) is 10.7. The van der Waals surface area contributed by atoms with Gasteiger partial charge in [-0.3, -0.25) is 5.41 Å². The Labute approximate surface area is 156 Å². The van der Waals surface area contributed by atoms with Gasteiger partial charge in [0.15, 0.2) is 0 Å². The summed E-state index contributed by atoms with van der Waals surface area (Å²) >= 11 is 0. The number of pyridine rings is 1. The van der Waals surface area contributed by atoms with Crippen molar-refractivity contribution in [2.24, 2.45) is 5.90 Å². The lowest BCUT2D eigenvalue weighted by Crippen LogP contribution is -2.09. The summed E-state index contributed by atoms with van der Waals surface area (Å²) < 4.78 is 0. The molecule has 3 aromatic carbocycles. The Kier molecular flexibility index (Phi) is 4.28. The molecule has 0 atom stereocenters. The van der Waals surface area contributed by atoms with E-state index in [0.29, 0.717) is 11.4 Å². The fourth-order valence-corrected chi connectivity index (χ4v) is 3.16. The largest absolute Gasteiger partial charge is 0.391 e. The number of hydrogen-bond acceptors (Lipinski definition) is 5. The van der Waals surface area contributed by atoms with E-state index in [0.717, 1.165) is 33.2 Å². The molecule has 0 fully saturated rings. The molecule has 4 aromatic rings.